The molecule has 1 atom stereocenters. The summed E-state index contributed by atoms with van der Waals surface area (Å²) in [7, 11) is 0. The number of fused-ring (bicyclic) bond motifs is 1. The van der Waals surface area contributed by atoms with Crippen LogP contribution in [0, 0.1) is 0 Å². The van der Waals surface area contributed by atoms with E-state index in [0.29, 0.717) is 34.3 Å². The van der Waals surface area contributed by atoms with Crippen molar-refractivity contribution >= 4 is 34.4 Å². The highest BCUT2D eigenvalue weighted by molar-refractivity contribution is 6.08. The van der Waals surface area contributed by atoms with Gasteiger partial charge in [0.25, 0.3) is 11.8 Å². The van der Waals surface area contributed by atoms with Crippen LogP contribution >= 0.6 is 0 Å². The molecule has 46 heavy (non-hydrogen) atoms. The van der Waals surface area contributed by atoms with Gasteiger partial charge in [0.05, 0.1) is 28.0 Å². The van der Waals surface area contributed by atoms with Crippen LogP contribution in [-0.2, 0) is 11.0 Å². The van der Waals surface area contributed by atoms with Crippen LogP contribution in [0.5, 0.6) is 0 Å². The SMILES string of the molecule is CCCCNC(=O)[C@@H](NC(=O)c1ccc2nc(NC(=O)c3cccnc3-c3ccc(C(F)(F)F)cc3)ccc2c1)c1ccccn1. The van der Waals surface area contributed by atoms with Crippen LogP contribution in [0.25, 0.3) is 22.2 Å². The van der Waals surface area contributed by atoms with Crippen molar-refractivity contribution in [2.75, 3.05) is 11.9 Å². The Morgan fingerprint density at radius 3 is 2.35 bits per heavy atom. The van der Waals surface area contributed by atoms with E-state index in [9.17, 15) is 27.6 Å². The molecule has 3 heterocycles. The molecule has 3 N–H and O–H groups in total. The van der Waals surface area contributed by atoms with Gasteiger partial charge in [-0.25, -0.2) is 4.98 Å². The molecule has 0 fully saturated rings. The van der Waals surface area contributed by atoms with Gasteiger partial charge >= 0.3 is 6.18 Å². The first-order valence-electron chi connectivity index (χ1n) is 14.5. The molecule has 12 heteroatoms. The standard InChI is InChI=1S/C34H29F3N6O3/c1-2-3-17-40-33(46)30(27-8-4-5-18-38-27)43-31(44)23-11-15-26-22(20-23)12-16-28(41-26)42-32(45)25-7-6-19-39-29(25)21-9-13-24(14-10-21)34(35,36)37/h4-16,18-20,30H,2-3,17H2,1H3,(H,40,46)(H,43,44)(H,41,42,45)/t30-/m0/s1. The second-order valence-corrected chi connectivity index (χ2v) is 10.3. The van der Waals surface area contributed by atoms with E-state index in [0.717, 1.165) is 25.0 Å². The average Bonchev–Trinajstić information content (AvgIpc) is 3.07. The number of benzene rings is 2. The Morgan fingerprint density at radius 1 is 0.848 bits per heavy atom. The predicted molar refractivity (Wildman–Crippen MR) is 167 cm³/mol. The summed E-state index contributed by atoms with van der Waals surface area (Å²) < 4.78 is 39.0. The maximum Gasteiger partial charge on any atom is 0.416 e. The van der Waals surface area contributed by atoms with Gasteiger partial charge in [0.1, 0.15) is 5.82 Å². The summed E-state index contributed by atoms with van der Waals surface area (Å²) in [4.78, 5) is 52.3. The number of alkyl halides is 3. The zero-order chi connectivity index (χ0) is 32.7. The number of unbranched alkanes of at least 4 members (excludes halogenated alkanes) is 1. The lowest BCUT2D eigenvalue weighted by Crippen LogP contribution is -2.41. The lowest BCUT2D eigenvalue weighted by molar-refractivity contribution is -0.137. The number of anilines is 1. The molecule has 9 nitrogen and oxygen atoms in total. The number of rotatable bonds is 10. The van der Waals surface area contributed by atoms with Crippen LogP contribution < -0.4 is 16.0 Å². The van der Waals surface area contributed by atoms with Crippen LogP contribution in [0.4, 0.5) is 19.0 Å². The molecule has 0 bridgehead atoms. The minimum absolute atomic E-state index is 0.150. The minimum atomic E-state index is -4.48. The molecule has 3 amide bonds. The van der Waals surface area contributed by atoms with E-state index in [1.165, 1.54) is 24.4 Å². The quantitative estimate of drug-likeness (QED) is 0.155. The van der Waals surface area contributed by atoms with Crippen molar-refractivity contribution in [1.29, 1.82) is 0 Å². The number of nitrogens with one attached hydrogen (secondary N) is 3. The van der Waals surface area contributed by atoms with Crippen molar-refractivity contribution in [1.82, 2.24) is 25.6 Å². The highest BCUT2D eigenvalue weighted by Crippen LogP contribution is 2.31. The predicted octanol–water partition coefficient (Wildman–Crippen LogP) is 6.35. The largest absolute Gasteiger partial charge is 0.416 e. The van der Waals surface area contributed by atoms with Crippen LogP contribution in [0.3, 0.4) is 0 Å². The van der Waals surface area contributed by atoms with E-state index < -0.39 is 29.6 Å². The first-order valence-corrected chi connectivity index (χ1v) is 14.5. The zero-order valence-corrected chi connectivity index (χ0v) is 24.6. The highest BCUT2D eigenvalue weighted by atomic mass is 19.4. The van der Waals surface area contributed by atoms with Crippen LogP contribution in [0.1, 0.15) is 57.8 Å². The number of pyridine rings is 3. The Labute approximate surface area is 262 Å². The third kappa shape index (κ3) is 7.52. The van der Waals surface area contributed by atoms with Gasteiger partial charge in [-0.15, -0.1) is 0 Å². The summed E-state index contributed by atoms with van der Waals surface area (Å²) in [6.07, 6.45) is 0.225. The second-order valence-electron chi connectivity index (χ2n) is 10.3. The number of carbonyl (C=O) groups is 3. The molecule has 5 aromatic rings. The summed E-state index contributed by atoms with van der Waals surface area (Å²) in [6.45, 7) is 2.49. The topological polar surface area (TPSA) is 126 Å². The van der Waals surface area contributed by atoms with Crippen molar-refractivity contribution in [3.63, 3.8) is 0 Å². The van der Waals surface area contributed by atoms with E-state index in [1.807, 2.05) is 6.92 Å². The van der Waals surface area contributed by atoms with Gasteiger partial charge in [0.15, 0.2) is 6.04 Å². The van der Waals surface area contributed by atoms with E-state index in [4.69, 9.17) is 0 Å². The average molecular weight is 627 g/mol. The number of aromatic nitrogens is 3. The van der Waals surface area contributed by atoms with Crippen LogP contribution in [0.15, 0.2) is 97.3 Å². The summed E-state index contributed by atoms with van der Waals surface area (Å²) in [6, 6.07) is 19.7. The molecule has 0 aliphatic rings. The summed E-state index contributed by atoms with van der Waals surface area (Å²) >= 11 is 0. The second kappa shape index (κ2) is 14.0. The fraction of sp³-hybridized carbons (Fsp3) is 0.176. The number of hydrogen-bond donors (Lipinski definition) is 3. The number of amides is 3. The number of carbonyl (C=O) groups excluding carboxylic acids is 3. The molecule has 2 aromatic carbocycles. The molecular formula is C34H29F3N6O3. The molecule has 234 valence electrons. The van der Waals surface area contributed by atoms with Gasteiger partial charge in [-0.3, -0.25) is 24.4 Å². The Hall–Kier alpha value is -5.65. The Kier molecular flexibility index (Phi) is 9.65. The molecule has 0 aliphatic heterocycles. The van der Waals surface area contributed by atoms with E-state index >= 15 is 0 Å². The summed E-state index contributed by atoms with van der Waals surface area (Å²) in [5, 5.41) is 8.93. The molecule has 0 saturated heterocycles. The molecule has 3 aromatic heterocycles. The smallest absolute Gasteiger partial charge is 0.354 e. The third-order valence-electron chi connectivity index (χ3n) is 7.08. The van der Waals surface area contributed by atoms with Crippen molar-refractivity contribution in [2.45, 2.75) is 32.0 Å². The highest BCUT2D eigenvalue weighted by Gasteiger charge is 2.30. The Morgan fingerprint density at radius 2 is 1.63 bits per heavy atom. The summed E-state index contributed by atoms with van der Waals surface area (Å²) in [5.74, 6) is -1.18. The van der Waals surface area contributed by atoms with Gasteiger partial charge < -0.3 is 16.0 Å². The Balaban J connectivity index is 1.32. The first kappa shape index (κ1) is 31.8. The fourth-order valence-electron chi connectivity index (χ4n) is 4.68. The lowest BCUT2D eigenvalue weighted by Gasteiger charge is -2.18. The van der Waals surface area contributed by atoms with Gasteiger partial charge in [0.2, 0.25) is 5.91 Å². The monoisotopic (exact) mass is 626 g/mol. The normalized spacial score (nSPS) is 11.9. The molecule has 0 unspecified atom stereocenters. The maximum absolute atomic E-state index is 13.2. The molecule has 0 spiro atoms. The lowest BCUT2D eigenvalue weighted by atomic mass is 10.0. The van der Waals surface area contributed by atoms with Crippen LogP contribution in [0.2, 0.25) is 0 Å². The van der Waals surface area contributed by atoms with Crippen molar-refractivity contribution in [3.8, 4) is 11.3 Å². The molecule has 5 rings (SSSR count). The van der Waals surface area contributed by atoms with Gasteiger partial charge in [0, 0.05) is 35.5 Å². The van der Waals surface area contributed by atoms with E-state index in [1.54, 1.807) is 60.8 Å². The number of halogens is 3. The maximum atomic E-state index is 13.2. The third-order valence-corrected chi connectivity index (χ3v) is 7.08. The zero-order valence-electron chi connectivity index (χ0n) is 24.6. The van der Waals surface area contributed by atoms with Crippen molar-refractivity contribution in [2.24, 2.45) is 0 Å². The molecule has 0 aliphatic carbocycles. The van der Waals surface area contributed by atoms with E-state index in [2.05, 4.69) is 30.9 Å². The van der Waals surface area contributed by atoms with Gasteiger partial charge in [-0.2, -0.15) is 13.2 Å². The van der Waals surface area contributed by atoms with Gasteiger partial charge in [-0.05, 0) is 73.2 Å². The first-order chi connectivity index (χ1) is 22.1. The molecule has 0 saturated carbocycles. The van der Waals surface area contributed by atoms with E-state index in [-0.39, 0.29) is 23.0 Å². The van der Waals surface area contributed by atoms with Crippen LogP contribution in [-0.4, -0.2) is 39.2 Å². The number of nitrogens with zero attached hydrogens (tertiary/aromatic N) is 3. The fourth-order valence-corrected chi connectivity index (χ4v) is 4.68. The van der Waals surface area contributed by atoms with Gasteiger partial charge in [-0.1, -0.05) is 31.5 Å². The Bertz CT molecular complexity index is 1860. The van der Waals surface area contributed by atoms with Crippen molar-refractivity contribution in [3.05, 3.63) is 120 Å². The number of hydrogen-bond acceptors (Lipinski definition) is 6. The summed E-state index contributed by atoms with van der Waals surface area (Å²) in [5.41, 5.74) is 1.10. The molecule has 0 radical (unpaired) electrons. The molecular weight excluding hydrogens is 597 g/mol. The van der Waals surface area contributed by atoms with Crippen molar-refractivity contribution < 1.29 is 27.6 Å². The minimum Gasteiger partial charge on any atom is -0.354 e.